The molecule has 0 bridgehead atoms. The molecule has 2 aromatic carbocycles. The molecule has 0 atom stereocenters. The second kappa shape index (κ2) is 9.69. The zero-order chi connectivity index (χ0) is 22.3. The summed E-state index contributed by atoms with van der Waals surface area (Å²) in [6, 6.07) is 18.2. The molecular weight excluding hydrogens is 408 g/mol. The Morgan fingerprint density at radius 1 is 1.09 bits per heavy atom. The molecule has 0 unspecified atom stereocenters. The molecule has 4 rings (SSSR count). The number of hydrogen-bond acceptors (Lipinski definition) is 6. The highest BCUT2D eigenvalue weighted by Gasteiger charge is 2.11. The molecular formula is C23H22N6O3. The molecule has 32 heavy (non-hydrogen) atoms. The Bertz CT molecular complexity index is 1250. The maximum absolute atomic E-state index is 12.4. The first-order valence-corrected chi connectivity index (χ1v) is 10.2. The highest BCUT2D eigenvalue weighted by Crippen LogP contribution is 2.19. The van der Waals surface area contributed by atoms with E-state index in [1.54, 1.807) is 0 Å². The minimum Gasteiger partial charge on any atom is -0.494 e. The number of amides is 1. The first kappa shape index (κ1) is 21.0. The first-order chi connectivity index (χ1) is 15.6. The standard InChI is InChI=1S/C23H22N6O3/c1-2-32-19-10-8-17(9-11-19)20-14-22(30)28(16-25-20)13-12-24-23(31)21-15-26-29(27-21)18-6-4-3-5-7-18/h3-11,14-16H,2,12-13H2,1H3,(H,24,31). The average molecular weight is 430 g/mol. The maximum Gasteiger partial charge on any atom is 0.273 e. The number of carbonyl (C=O) groups excluding carboxylic acids is 1. The van der Waals surface area contributed by atoms with Crippen LogP contribution >= 0.6 is 0 Å². The van der Waals surface area contributed by atoms with Gasteiger partial charge in [0.05, 0.1) is 30.5 Å². The van der Waals surface area contributed by atoms with E-state index in [0.29, 0.717) is 12.3 Å². The molecule has 162 valence electrons. The van der Waals surface area contributed by atoms with Gasteiger partial charge in [-0.25, -0.2) is 4.98 Å². The smallest absolute Gasteiger partial charge is 0.273 e. The maximum atomic E-state index is 12.4. The highest BCUT2D eigenvalue weighted by molar-refractivity contribution is 5.91. The van der Waals surface area contributed by atoms with Gasteiger partial charge < -0.3 is 10.1 Å². The van der Waals surface area contributed by atoms with Crippen LogP contribution in [-0.2, 0) is 6.54 Å². The molecule has 0 radical (unpaired) electrons. The summed E-state index contributed by atoms with van der Waals surface area (Å²) in [6.07, 6.45) is 2.88. The molecule has 2 aromatic heterocycles. The number of nitrogens with zero attached hydrogens (tertiary/aromatic N) is 5. The topological polar surface area (TPSA) is 104 Å². The molecule has 9 nitrogen and oxygen atoms in total. The summed E-state index contributed by atoms with van der Waals surface area (Å²) in [6.45, 7) is 3.05. The second-order valence-corrected chi connectivity index (χ2v) is 6.87. The fourth-order valence-corrected chi connectivity index (χ4v) is 3.07. The Balaban J connectivity index is 1.34. The van der Waals surface area contributed by atoms with Crippen molar-refractivity contribution in [1.29, 1.82) is 0 Å². The molecule has 2 heterocycles. The van der Waals surface area contributed by atoms with E-state index in [1.807, 2.05) is 61.5 Å². The third-order valence-electron chi connectivity index (χ3n) is 4.69. The number of carbonyl (C=O) groups is 1. The Hall–Kier alpha value is -4.27. The summed E-state index contributed by atoms with van der Waals surface area (Å²) in [7, 11) is 0. The van der Waals surface area contributed by atoms with Crippen molar-refractivity contribution in [3.63, 3.8) is 0 Å². The van der Waals surface area contributed by atoms with E-state index in [4.69, 9.17) is 4.74 Å². The molecule has 0 aliphatic heterocycles. The summed E-state index contributed by atoms with van der Waals surface area (Å²) in [4.78, 5) is 30.5. The fourth-order valence-electron chi connectivity index (χ4n) is 3.07. The van der Waals surface area contributed by atoms with E-state index < -0.39 is 0 Å². The van der Waals surface area contributed by atoms with Crippen molar-refractivity contribution in [2.75, 3.05) is 13.2 Å². The highest BCUT2D eigenvalue weighted by atomic mass is 16.5. The van der Waals surface area contributed by atoms with Crippen molar-refractivity contribution in [3.05, 3.63) is 89.2 Å². The van der Waals surface area contributed by atoms with E-state index in [1.165, 1.54) is 28.0 Å². The Morgan fingerprint density at radius 3 is 2.59 bits per heavy atom. The average Bonchev–Trinajstić information content (AvgIpc) is 3.32. The van der Waals surface area contributed by atoms with Crippen LogP contribution in [0.25, 0.3) is 16.9 Å². The van der Waals surface area contributed by atoms with E-state index in [-0.39, 0.29) is 30.2 Å². The van der Waals surface area contributed by atoms with Gasteiger partial charge in [-0.15, -0.1) is 5.10 Å². The van der Waals surface area contributed by atoms with Crippen molar-refractivity contribution in [2.24, 2.45) is 0 Å². The quantitative estimate of drug-likeness (QED) is 0.460. The molecule has 1 N–H and O–H groups in total. The summed E-state index contributed by atoms with van der Waals surface area (Å²) in [5.74, 6) is 0.406. The lowest BCUT2D eigenvalue weighted by atomic mass is 10.1. The minimum absolute atomic E-state index is 0.199. The van der Waals surface area contributed by atoms with Crippen molar-refractivity contribution in [2.45, 2.75) is 13.5 Å². The fraction of sp³-hybridized carbons (Fsp3) is 0.174. The normalized spacial score (nSPS) is 10.7. The number of ether oxygens (including phenoxy) is 1. The Labute approximate surface area is 184 Å². The molecule has 0 fully saturated rings. The molecule has 0 aliphatic rings. The third kappa shape index (κ3) is 4.89. The number of nitrogens with one attached hydrogen (secondary N) is 1. The van der Waals surface area contributed by atoms with E-state index in [9.17, 15) is 9.59 Å². The van der Waals surface area contributed by atoms with E-state index in [0.717, 1.165) is 17.0 Å². The van der Waals surface area contributed by atoms with Crippen LogP contribution in [0.1, 0.15) is 17.4 Å². The lowest BCUT2D eigenvalue weighted by Gasteiger charge is -2.08. The van der Waals surface area contributed by atoms with Gasteiger partial charge in [-0.3, -0.25) is 14.2 Å². The van der Waals surface area contributed by atoms with Gasteiger partial charge in [0.25, 0.3) is 11.5 Å². The molecule has 1 amide bonds. The molecule has 9 heteroatoms. The van der Waals surface area contributed by atoms with Crippen LogP contribution in [0.2, 0.25) is 0 Å². The van der Waals surface area contributed by atoms with E-state index >= 15 is 0 Å². The number of para-hydroxylation sites is 1. The molecule has 0 spiro atoms. The van der Waals surface area contributed by atoms with Crippen LogP contribution in [0.3, 0.4) is 0 Å². The monoisotopic (exact) mass is 430 g/mol. The number of rotatable bonds is 8. The van der Waals surface area contributed by atoms with Gasteiger partial charge >= 0.3 is 0 Å². The van der Waals surface area contributed by atoms with Crippen LogP contribution < -0.4 is 15.6 Å². The zero-order valence-corrected chi connectivity index (χ0v) is 17.5. The van der Waals surface area contributed by atoms with Crippen LogP contribution in [-0.4, -0.2) is 43.6 Å². The number of benzene rings is 2. The van der Waals surface area contributed by atoms with Crippen LogP contribution in [0.5, 0.6) is 5.75 Å². The van der Waals surface area contributed by atoms with Gasteiger partial charge in [-0.2, -0.15) is 9.90 Å². The minimum atomic E-state index is -0.362. The van der Waals surface area contributed by atoms with Gasteiger partial charge in [0.1, 0.15) is 5.75 Å². The Morgan fingerprint density at radius 2 is 1.88 bits per heavy atom. The van der Waals surface area contributed by atoms with Gasteiger partial charge in [-0.1, -0.05) is 18.2 Å². The summed E-state index contributed by atoms with van der Waals surface area (Å²) < 4.78 is 6.87. The van der Waals surface area contributed by atoms with Crippen molar-refractivity contribution in [3.8, 4) is 22.7 Å². The van der Waals surface area contributed by atoms with Crippen molar-refractivity contribution >= 4 is 5.91 Å². The lowest BCUT2D eigenvalue weighted by molar-refractivity contribution is 0.0946. The van der Waals surface area contributed by atoms with Crippen LogP contribution in [0, 0.1) is 0 Å². The van der Waals surface area contributed by atoms with Gasteiger partial charge in [0, 0.05) is 24.7 Å². The summed E-state index contributed by atoms with van der Waals surface area (Å²) in [5, 5.41) is 11.1. The van der Waals surface area contributed by atoms with E-state index in [2.05, 4.69) is 20.5 Å². The van der Waals surface area contributed by atoms with Crippen molar-refractivity contribution < 1.29 is 9.53 Å². The molecule has 0 aliphatic carbocycles. The van der Waals surface area contributed by atoms with Gasteiger partial charge in [-0.05, 0) is 43.3 Å². The predicted octanol–water partition coefficient (Wildman–Crippen LogP) is 2.32. The predicted molar refractivity (Wildman–Crippen MR) is 119 cm³/mol. The summed E-state index contributed by atoms with van der Waals surface area (Å²) >= 11 is 0. The lowest BCUT2D eigenvalue weighted by Crippen LogP contribution is -2.31. The SMILES string of the molecule is CCOc1ccc(-c2cc(=O)n(CCNC(=O)c3cnn(-c4ccccc4)n3)cn2)cc1. The second-order valence-electron chi connectivity index (χ2n) is 6.87. The number of hydrogen-bond donors (Lipinski definition) is 1. The third-order valence-corrected chi connectivity index (χ3v) is 4.69. The molecule has 0 saturated heterocycles. The van der Waals surface area contributed by atoms with Gasteiger partial charge in [0.2, 0.25) is 0 Å². The zero-order valence-electron chi connectivity index (χ0n) is 17.5. The van der Waals surface area contributed by atoms with Crippen molar-refractivity contribution in [1.82, 2.24) is 29.9 Å². The molecule has 4 aromatic rings. The summed E-state index contributed by atoms with van der Waals surface area (Å²) in [5.41, 5.74) is 2.17. The Kier molecular flexibility index (Phi) is 6.35. The number of aromatic nitrogens is 5. The largest absolute Gasteiger partial charge is 0.494 e. The first-order valence-electron chi connectivity index (χ1n) is 10.2. The van der Waals surface area contributed by atoms with Crippen LogP contribution in [0.15, 0.2) is 78.0 Å². The molecule has 0 saturated carbocycles. The van der Waals surface area contributed by atoms with Gasteiger partial charge in [0.15, 0.2) is 5.69 Å². The van der Waals surface area contributed by atoms with Crippen LogP contribution in [0.4, 0.5) is 0 Å².